The molecule has 1 aromatic carbocycles. The smallest absolute Gasteiger partial charge is 0.186 e. The minimum atomic E-state index is 0.623. The second-order valence-electron chi connectivity index (χ2n) is 6.65. The zero-order chi connectivity index (χ0) is 16.5. The number of aryl methyl sites for hydroxylation is 1. The van der Waals surface area contributed by atoms with Gasteiger partial charge in [-0.3, -0.25) is 4.90 Å². The Kier molecular flexibility index (Phi) is 4.61. The quantitative estimate of drug-likeness (QED) is 0.853. The van der Waals surface area contributed by atoms with Crippen LogP contribution in [0, 0.1) is 6.92 Å². The lowest BCUT2D eigenvalue weighted by atomic mass is 10.0. The normalized spacial score (nSPS) is 22.9. The number of anilines is 1. The summed E-state index contributed by atoms with van der Waals surface area (Å²) in [5.41, 5.74) is 2.28. The SMILES string of the molecule is COc1ccc(C)c2sc(N3CCCC(N4CCOCC4)C3)nc12. The van der Waals surface area contributed by atoms with Crippen LogP contribution in [0.5, 0.6) is 5.75 Å². The Morgan fingerprint density at radius 1 is 1.25 bits per heavy atom. The van der Waals surface area contributed by atoms with E-state index in [9.17, 15) is 0 Å². The van der Waals surface area contributed by atoms with Crippen molar-refractivity contribution in [3.63, 3.8) is 0 Å². The predicted octanol–water partition coefficient (Wildman–Crippen LogP) is 2.91. The van der Waals surface area contributed by atoms with Gasteiger partial charge in [0.1, 0.15) is 11.3 Å². The van der Waals surface area contributed by atoms with Gasteiger partial charge in [-0.2, -0.15) is 0 Å². The van der Waals surface area contributed by atoms with Crippen molar-refractivity contribution in [2.45, 2.75) is 25.8 Å². The molecule has 1 atom stereocenters. The van der Waals surface area contributed by atoms with Gasteiger partial charge in [-0.1, -0.05) is 17.4 Å². The van der Waals surface area contributed by atoms with Crippen LogP contribution in [0.15, 0.2) is 12.1 Å². The number of aromatic nitrogens is 1. The van der Waals surface area contributed by atoms with Gasteiger partial charge in [-0.25, -0.2) is 4.98 Å². The maximum absolute atomic E-state index is 5.50. The molecule has 1 aromatic heterocycles. The van der Waals surface area contributed by atoms with E-state index in [1.54, 1.807) is 18.4 Å². The van der Waals surface area contributed by atoms with Crippen molar-refractivity contribution in [1.29, 1.82) is 0 Å². The van der Waals surface area contributed by atoms with Gasteiger partial charge in [0.2, 0.25) is 0 Å². The van der Waals surface area contributed by atoms with Gasteiger partial charge in [-0.15, -0.1) is 0 Å². The summed E-state index contributed by atoms with van der Waals surface area (Å²) >= 11 is 1.80. The number of thiazole rings is 1. The van der Waals surface area contributed by atoms with E-state index in [4.69, 9.17) is 14.5 Å². The Labute approximate surface area is 147 Å². The number of hydrogen-bond donors (Lipinski definition) is 0. The van der Waals surface area contributed by atoms with Gasteiger partial charge in [0.25, 0.3) is 0 Å². The molecule has 0 saturated carbocycles. The standard InChI is InChI=1S/C18H25N3O2S/c1-13-5-6-15(22-2)16-17(13)24-18(19-16)21-7-3-4-14(12-21)20-8-10-23-11-9-20/h5-6,14H,3-4,7-12H2,1-2H3. The van der Waals surface area contributed by atoms with Crippen LogP contribution in [-0.2, 0) is 4.74 Å². The lowest BCUT2D eigenvalue weighted by molar-refractivity contribution is 0.0137. The predicted molar refractivity (Wildman–Crippen MR) is 98.5 cm³/mol. The highest BCUT2D eigenvalue weighted by atomic mass is 32.1. The van der Waals surface area contributed by atoms with E-state index in [1.807, 2.05) is 6.07 Å². The lowest BCUT2D eigenvalue weighted by Crippen LogP contribution is -2.51. The summed E-state index contributed by atoms with van der Waals surface area (Å²) in [6.45, 7) is 8.18. The largest absolute Gasteiger partial charge is 0.494 e. The molecule has 0 bridgehead atoms. The number of hydrogen-bond acceptors (Lipinski definition) is 6. The van der Waals surface area contributed by atoms with Crippen molar-refractivity contribution in [3.05, 3.63) is 17.7 Å². The molecule has 4 rings (SSSR count). The molecule has 0 spiro atoms. The van der Waals surface area contributed by atoms with Crippen LogP contribution >= 0.6 is 11.3 Å². The number of fused-ring (bicyclic) bond motifs is 1. The molecule has 3 heterocycles. The highest BCUT2D eigenvalue weighted by Crippen LogP contribution is 2.37. The fourth-order valence-electron chi connectivity index (χ4n) is 3.77. The van der Waals surface area contributed by atoms with E-state index in [0.717, 1.165) is 55.8 Å². The minimum Gasteiger partial charge on any atom is -0.494 e. The molecule has 2 aliphatic rings. The average molecular weight is 347 g/mol. The van der Waals surface area contributed by atoms with E-state index in [-0.39, 0.29) is 0 Å². The third kappa shape index (κ3) is 2.98. The molecule has 130 valence electrons. The summed E-state index contributed by atoms with van der Waals surface area (Å²) in [7, 11) is 1.72. The maximum Gasteiger partial charge on any atom is 0.186 e. The first-order valence-electron chi connectivity index (χ1n) is 8.77. The van der Waals surface area contributed by atoms with E-state index in [2.05, 4.69) is 22.8 Å². The van der Waals surface area contributed by atoms with Gasteiger partial charge < -0.3 is 14.4 Å². The first-order valence-corrected chi connectivity index (χ1v) is 9.59. The van der Waals surface area contributed by atoms with Crippen molar-refractivity contribution in [2.75, 3.05) is 51.4 Å². The van der Waals surface area contributed by atoms with Gasteiger partial charge >= 0.3 is 0 Å². The molecule has 1 unspecified atom stereocenters. The molecule has 6 heteroatoms. The summed E-state index contributed by atoms with van der Waals surface area (Å²) < 4.78 is 12.3. The summed E-state index contributed by atoms with van der Waals surface area (Å²) in [4.78, 5) is 9.98. The van der Waals surface area contributed by atoms with Crippen LogP contribution in [0.1, 0.15) is 18.4 Å². The number of methoxy groups -OCH3 is 1. The molecular formula is C18H25N3O2S. The fourth-order valence-corrected chi connectivity index (χ4v) is 4.85. The molecule has 0 N–H and O–H groups in total. The molecule has 0 radical (unpaired) electrons. The zero-order valence-corrected chi connectivity index (χ0v) is 15.3. The van der Waals surface area contributed by atoms with Crippen LogP contribution in [0.3, 0.4) is 0 Å². The molecule has 5 nitrogen and oxygen atoms in total. The molecule has 2 aromatic rings. The summed E-state index contributed by atoms with van der Waals surface area (Å²) in [6.07, 6.45) is 2.51. The first-order chi connectivity index (χ1) is 11.8. The second-order valence-corrected chi connectivity index (χ2v) is 7.63. The Morgan fingerprint density at radius 3 is 2.88 bits per heavy atom. The number of benzene rings is 1. The fraction of sp³-hybridized carbons (Fsp3) is 0.611. The van der Waals surface area contributed by atoms with E-state index in [1.165, 1.54) is 23.1 Å². The topological polar surface area (TPSA) is 37.8 Å². The highest BCUT2D eigenvalue weighted by Gasteiger charge is 2.28. The first kappa shape index (κ1) is 16.1. The molecular weight excluding hydrogens is 322 g/mol. The molecule has 0 aliphatic carbocycles. The van der Waals surface area contributed by atoms with Crippen LogP contribution in [0.4, 0.5) is 5.13 Å². The third-order valence-electron chi connectivity index (χ3n) is 5.14. The minimum absolute atomic E-state index is 0.623. The summed E-state index contributed by atoms with van der Waals surface area (Å²) in [5, 5.41) is 1.13. The van der Waals surface area contributed by atoms with Crippen LogP contribution in [-0.4, -0.2) is 62.4 Å². The Bertz CT molecular complexity index is 712. The van der Waals surface area contributed by atoms with Crippen LogP contribution < -0.4 is 9.64 Å². The lowest BCUT2D eigenvalue weighted by Gasteiger charge is -2.40. The monoisotopic (exact) mass is 347 g/mol. The number of ether oxygens (including phenoxy) is 2. The van der Waals surface area contributed by atoms with Gasteiger partial charge in [0.15, 0.2) is 5.13 Å². The maximum atomic E-state index is 5.50. The highest BCUT2D eigenvalue weighted by molar-refractivity contribution is 7.22. The number of piperidine rings is 1. The zero-order valence-electron chi connectivity index (χ0n) is 14.5. The van der Waals surface area contributed by atoms with Gasteiger partial charge in [0.05, 0.1) is 25.0 Å². The van der Waals surface area contributed by atoms with E-state index < -0.39 is 0 Å². The Balaban J connectivity index is 1.58. The average Bonchev–Trinajstić information content (AvgIpc) is 3.09. The molecule has 2 saturated heterocycles. The second kappa shape index (κ2) is 6.86. The van der Waals surface area contributed by atoms with Crippen molar-refractivity contribution in [2.24, 2.45) is 0 Å². The summed E-state index contributed by atoms with van der Waals surface area (Å²) in [5.74, 6) is 0.875. The number of morpholine rings is 1. The molecule has 2 fully saturated rings. The van der Waals surface area contributed by atoms with Crippen LogP contribution in [0.2, 0.25) is 0 Å². The molecule has 24 heavy (non-hydrogen) atoms. The number of rotatable bonds is 3. The summed E-state index contributed by atoms with van der Waals surface area (Å²) in [6, 6.07) is 4.77. The molecule has 2 aliphatic heterocycles. The van der Waals surface area contributed by atoms with Gasteiger partial charge in [0, 0.05) is 32.2 Å². The van der Waals surface area contributed by atoms with E-state index in [0.29, 0.717) is 6.04 Å². The van der Waals surface area contributed by atoms with Crippen molar-refractivity contribution in [3.8, 4) is 5.75 Å². The van der Waals surface area contributed by atoms with Crippen molar-refractivity contribution >= 4 is 26.7 Å². The van der Waals surface area contributed by atoms with Gasteiger partial charge in [-0.05, 0) is 31.4 Å². The molecule has 0 amide bonds. The Morgan fingerprint density at radius 2 is 2.08 bits per heavy atom. The number of nitrogens with zero attached hydrogens (tertiary/aromatic N) is 3. The Hall–Kier alpha value is -1.37. The third-order valence-corrected chi connectivity index (χ3v) is 6.39. The van der Waals surface area contributed by atoms with Crippen LogP contribution in [0.25, 0.3) is 10.2 Å². The van der Waals surface area contributed by atoms with E-state index >= 15 is 0 Å². The van der Waals surface area contributed by atoms with Crippen molar-refractivity contribution < 1.29 is 9.47 Å². The van der Waals surface area contributed by atoms with Crippen molar-refractivity contribution in [1.82, 2.24) is 9.88 Å².